The van der Waals surface area contributed by atoms with E-state index >= 15 is 0 Å². The number of aromatic nitrogens is 4. The second kappa shape index (κ2) is 11.9. The number of nitrogens with one attached hydrogen (secondary N) is 2. The average molecular weight is 614 g/mol. The summed E-state index contributed by atoms with van der Waals surface area (Å²) in [5, 5.41) is 8.10. The lowest BCUT2D eigenvalue weighted by Gasteiger charge is -2.34. The maximum Gasteiger partial charge on any atom is 0.225 e. The normalized spacial score (nSPS) is 21.1. The molecule has 12 heteroatoms. The van der Waals surface area contributed by atoms with Crippen molar-refractivity contribution in [3.05, 3.63) is 63.7 Å². The number of primary amides is 1. The van der Waals surface area contributed by atoms with E-state index in [0.717, 1.165) is 38.8 Å². The zero-order chi connectivity index (χ0) is 28.5. The van der Waals surface area contributed by atoms with Crippen molar-refractivity contribution < 1.29 is 4.79 Å². The molecule has 4 N–H and O–H groups in total. The summed E-state index contributed by atoms with van der Waals surface area (Å²) >= 11 is 19.1. The molecule has 41 heavy (non-hydrogen) atoms. The Morgan fingerprint density at radius 2 is 1.71 bits per heavy atom. The van der Waals surface area contributed by atoms with Gasteiger partial charge in [-0.1, -0.05) is 53.0 Å². The summed E-state index contributed by atoms with van der Waals surface area (Å²) in [7, 11) is 0. The molecule has 1 saturated carbocycles. The number of rotatable bonds is 7. The molecular weight excluding hydrogens is 583 g/mol. The van der Waals surface area contributed by atoms with E-state index < -0.39 is 0 Å². The number of carbonyl (C=O) groups excluding carboxylic acids is 1. The lowest BCUT2D eigenvalue weighted by Crippen LogP contribution is -2.42. The van der Waals surface area contributed by atoms with Gasteiger partial charge in [0.25, 0.3) is 0 Å². The van der Waals surface area contributed by atoms with Gasteiger partial charge in [0.15, 0.2) is 5.65 Å². The number of fused-ring (bicyclic) bond motifs is 1. The van der Waals surface area contributed by atoms with E-state index in [-0.39, 0.29) is 23.9 Å². The number of amides is 1. The minimum atomic E-state index is -0.247. The zero-order valence-corrected chi connectivity index (χ0v) is 24.6. The lowest BCUT2D eigenvalue weighted by molar-refractivity contribution is -0.122. The van der Waals surface area contributed by atoms with Crippen LogP contribution in [0.1, 0.15) is 44.6 Å². The Morgan fingerprint density at radius 3 is 2.41 bits per heavy atom. The third-order valence-corrected chi connectivity index (χ3v) is 8.83. The van der Waals surface area contributed by atoms with Crippen LogP contribution < -0.4 is 21.3 Å². The van der Waals surface area contributed by atoms with Crippen molar-refractivity contribution in [2.24, 2.45) is 11.7 Å². The number of carbonyl (C=O) groups is 1. The number of piperidine rings is 1. The Kier molecular flexibility index (Phi) is 8.10. The molecule has 1 amide bonds. The zero-order valence-electron chi connectivity index (χ0n) is 22.4. The van der Waals surface area contributed by atoms with Crippen LogP contribution in [0.5, 0.6) is 0 Å². The highest BCUT2D eigenvalue weighted by Gasteiger charge is 2.30. The first kappa shape index (κ1) is 27.9. The van der Waals surface area contributed by atoms with Crippen LogP contribution in [0, 0.1) is 5.92 Å². The summed E-state index contributed by atoms with van der Waals surface area (Å²) in [5.41, 5.74) is 8.68. The van der Waals surface area contributed by atoms with Gasteiger partial charge in [-0.05, 0) is 62.8 Å². The molecule has 4 aromatic rings. The molecule has 0 spiro atoms. The molecule has 1 atom stereocenters. The molecule has 214 valence electrons. The van der Waals surface area contributed by atoms with Gasteiger partial charge in [0, 0.05) is 41.8 Å². The van der Waals surface area contributed by atoms with Crippen molar-refractivity contribution in [1.29, 1.82) is 0 Å². The van der Waals surface area contributed by atoms with Crippen molar-refractivity contribution in [3.8, 4) is 0 Å². The number of nitrogens with zero attached hydrogens (tertiary/aromatic N) is 5. The summed E-state index contributed by atoms with van der Waals surface area (Å²) < 4.78 is 2.08. The topological polar surface area (TPSA) is 114 Å². The van der Waals surface area contributed by atoms with E-state index in [0.29, 0.717) is 56.7 Å². The molecular formula is C29H31Cl3N8O. The van der Waals surface area contributed by atoms with Gasteiger partial charge in [0.05, 0.1) is 21.9 Å². The molecule has 2 fully saturated rings. The van der Waals surface area contributed by atoms with Crippen molar-refractivity contribution in [2.45, 2.75) is 50.6 Å². The molecule has 2 aromatic heterocycles. The van der Waals surface area contributed by atoms with E-state index in [2.05, 4.69) is 49.4 Å². The minimum absolute atomic E-state index is 0.0500. The van der Waals surface area contributed by atoms with Crippen LogP contribution in [0.3, 0.4) is 0 Å². The summed E-state index contributed by atoms with van der Waals surface area (Å²) in [4.78, 5) is 28.6. The Bertz CT molecular complexity index is 1530. The average Bonchev–Trinajstić information content (AvgIpc) is 3.33. The summed E-state index contributed by atoms with van der Waals surface area (Å²) in [6.45, 7) is 1.88. The predicted octanol–water partition coefficient (Wildman–Crippen LogP) is 6.83. The number of nitrogens with two attached hydrogens (primary N) is 1. The molecule has 3 heterocycles. The van der Waals surface area contributed by atoms with Crippen LogP contribution in [0.2, 0.25) is 15.1 Å². The first-order valence-corrected chi connectivity index (χ1v) is 15.0. The van der Waals surface area contributed by atoms with E-state index in [9.17, 15) is 4.79 Å². The van der Waals surface area contributed by atoms with Gasteiger partial charge >= 0.3 is 0 Å². The molecule has 2 aliphatic rings. The minimum Gasteiger partial charge on any atom is -0.369 e. The fourth-order valence-corrected chi connectivity index (χ4v) is 6.85. The largest absolute Gasteiger partial charge is 0.369 e. The first-order valence-electron chi connectivity index (χ1n) is 13.9. The van der Waals surface area contributed by atoms with Crippen LogP contribution in [-0.2, 0) is 4.79 Å². The van der Waals surface area contributed by atoms with Gasteiger partial charge < -0.3 is 21.3 Å². The van der Waals surface area contributed by atoms with E-state index in [1.165, 1.54) is 5.69 Å². The van der Waals surface area contributed by atoms with E-state index in [1.54, 1.807) is 18.3 Å². The SMILES string of the molecule is NC(=O)[C@H]1CC[C@@H](n2c(Nc3c(Cl)cc(Cl)cc3Cl)nc3cnc(N[C@@H]4CCCN(c5ccccc5)C4)nc32)CC1. The summed E-state index contributed by atoms with van der Waals surface area (Å²) in [5.74, 6) is 0.734. The Hall–Kier alpha value is -3.27. The second-order valence-electron chi connectivity index (χ2n) is 10.8. The van der Waals surface area contributed by atoms with Gasteiger partial charge in [-0.15, -0.1) is 0 Å². The fourth-order valence-electron chi connectivity index (χ4n) is 5.94. The quantitative estimate of drug-likeness (QED) is 0.209. The molecule has 0 unspecified atom stereocenters. The van der Waals surface area contributed by atoms with Crippen LogP contribution in [0.25, 0.3) is 11.2 Å². The highest BCUT2D eigenvalue weighted by atomic mass is 35.5. The molecule has 0 radical (unpaired) electrons. The molecule has 1 aliphatic heterocycles. The monoisotopic (exact) mass is 612 g/mol. The highest BCUT2D eigenvalue weighted by molar-refractivity contribution is 6.41. The molecule has 1 aliphatic carbocycles. The molecule has 6 rings (SSSR count). The Balaban J connectivity index is 1.31. The number of halogens is 3. The summed E-state index contributed by atoms with van der Waals surface area (Å²) in [6, 6.07) is 14.0. The first-order chi connectivity index (χ1) is 19.9. The Labute approximate surface area is 253 Å². The van der Waals surface area contributed by atoms with E-state index in [4.69, 9.17) is 50.5 Å². The van der Waals surface area contributed by atoms with Gasteiger partial charge in [-0.25, -0.2) is 9.97 Å². The second-order valence-corrected chi connectivity index (χ2v) is 12.0. The van der Waals surface area contributed by atoms with Gasteiger partial charge in [-0.2, -0.15) is 4.98 Å². The molecule has 1 saturated heterocycles. The molecule has 9 nitrogen and oxygen atoms in total. The van der Waals surface area contributed by atoms with Crippen LogP contribution in [-0.4, -0.2) is 44.6 Å². The molecule has 2 aromatic carbocycles. The number of hydrogen-bond donors (Lipinski definition) is 3. The van der Waals surface area contributed by atoms with Crippen LogP contribution in [0.4, 0.5) is 23.3 Å². The number of imidazole rings is 1. The maximum absolute atomic E-state index is 11.8. The fraction of sp³-hybridized carbons (Fsp3) is 0.379. The van der Waals surface area contributed by atoms with E-state index in [1.807, 2.05) is 6.07 Å². The van der Waals surface area contributed by atoms with Crippen molar-refractivity contribution in [2.75, 3.05) is 28.6 Å². The Morgan fingerprint density at radius 1 is 0.976 bits per heavy atom. The number of para-hydroxylation sites is 1. The van der Waals surface area contributed by atoms with Gasteiger partial charge in [0.2, 0.25) is 17.8 Å². The predicted molar refractivity (Wildman–Crippen MR) is 166 cm³/mol. The third kappa shape index (κ3) is 6.03. The number of hydrogen-bond acceptors (Lipinski definition) is 7. The highest BCUT2D eigenvalue weighted by Crippen LogP contribution is 2.40. The third-order valence-electron chi connectivity index (χ3n) is 8.02. The smallest absolute Gasteiger partial charge is 0.225 e. The van der Waals surface area contributed by atoms with Crippen LogP contribution in [0.15, 0.2) is 48.7 Å². The van der Waals surface area contributed by atoms with Gasteiger partial charge in [0.1, 0.15) is 5.52 Å². The lowest BCUT2D eigenvalue weighted by atomic mass is 9.85. The van der Waals surface area contributed by atoms with Gasteiger partial charge in [-0.3, -0.25) is 9.36 Å². The number of anilines is 4. The van der Waals surface area contributed by atoms with Crippen LogP contribution >= 0.6 is 34.8 Å². The number of benzene rings is 2. The molecule has 0 bridgehead atoms. The van der Waals surface area contributed by atoms with Crippen molar-refractivity contribution >= 4 is 75.1 Å². The maximum atomic E-state index is 11.8. The standard InChI is InChI=1S/C29H31Cl3N8O/c30-18-13-22(31)25(23(32)14-18)37-29-36-24-15-34-28(35-19-5-4-12-39(16-19)20-6-2-1-3-7-20)38-27(24)40(29)21-10-8-17(9-11-21)26(33)41/h1-3,6-7,13-15,17,19,21H,4-5,8-12,16H2,(H2,33,41)(H,36,37)(H,34,35,38)/t17-,19-,21+/m1/s1. The summed E-state index contributed by atoms with van der Waals surface area (Å²) in [6.07, 6.45) is 6.77. The van der Waals surface area contributed by atoms with Crippen molar-refractivity contribution in [1.82, 2.24) is 19.5 Å². The van der Waals surface area contributed by atoms with Crippen molar-refractivity contribution in [3.63, 3.8) is 0 Å².